The number of hydrogen-bond acceptors (Lipinski definition) is 2. The minimum absolute atomic E-state index is 0.161. The summed E-state index contributed by atoms with van der Waals surface area (Å²) in [5, 5.41) is 0. The second-order valence-corrected chi connectivity index (χ2v) is 7.98. The molecule has 0 amide bonds. The fraction of sp³-hybridized carbons (Fsp3) is 0.172. The summed E-state index contributed by atoms with van der Waals surface area (Å²) >= 11 is 0. The maximum absolute atomic E-state index is 6.16. The first-order valence-electron chi connectivity index (χ1n) is 10.7. The van der Waals surface area contributed by atoms with E-state index < -0.39 is 0 Å². The Morgan fingerprint density at radius 1 is 0.581 bits per heavy atom. The van der Waals surface area contributed by atoms with E-state index in [4.69, 9.17) is 9.47 Å². The highest BCUT2D eigenvalue weighted by atomic mass is 16.5. The zero-order valence-corrected chi connectivity index (χ0v) is 17.9. The predicted molar refractivity (Wildman–Crippen MR) is 125 cm³/mol. The van der Waals surface area contributed by atoms with Crippen molar-refractivity contribution in [3.8, 4) is 11.1 Å². The first-order valence-corrected chi connectivity index (χ1v) is 10.7. The van der Waals surface area contributed by atoms with E-state index >= 15 is 0 Å². The van der Waals surface area contributed by atoms with E-state index in [1.54, 1.807) is 14.2 Å². The van der Waals surface area contributed by atoms with Crippen LogP contribution in [0.4, 0.5) is 0 Å². The van der Waals surface area contributed by atoms with Crippen LogP contribution in [0.15, 0.2) is 97.1 Å². The molecule has 0 saturated carbocycles. The molecule has 1 aliphatic rings. The summed E-state index contributed by atoms with van der Waals surface area (Å²) in [5.41, 5.74) is 10.0. The molecule has 2 heteroatoms. The lowest BCUT2D eigenvalue weighted by molar-refractivity contribution is 0.117. The summed E-state index contributed by atoms with van der Waals surface area (Å²) in [4.78, 5) is 0. The van der Waals surface area contributed by atoms with Crippen LogP contribution in [-0.4, -0.2) is 14.2 Å². The fourth-order valence-electron chi connectivity index (χ4n) is 4.91. The average Bonchev–Trinajstić information content (AvgIpc) is 3.21. The normalized spacial score (nSPS) is 14.0. The van der Waals surface area contributed by atoms with Crippen LogP contribution in [0.25, 0.3) is 11.1 Å². The molecule has 2 unspecified atom stereocenters. The average molecular weight is 407 g/mol. The molecule has 2 atom stereocenters. The Labute approximate surface area is 184 Å². The highest BCUT2D eigenvalue weighted by Crippen LogP contribution is 2.45. The second kappa shape index (κ2) is 8.50. The van der Waals surface area contributed by atoms with Gasteiger partial charge in [-0.2, -0.15) is 0 Å². The third-order valence-corrected chi connectivity index (χ3v) is 6.29. The SMILES string of the molecule is COC(c1ccccc1)c1ccc2c(c1C(OC)c1ccccc1)Cc1ccccc1-2. The molecule has 2 nitrogen and oxygen atoms in total. The number of fused-ring (bicyclic) bond motifs is 3. The van der Waals surface area contributed by atoms with E-state index in [0.717, 1.165) is 23.1 Å². The lowest BCUT2D eigenvalue weighted by Crippen LogP contribution is -2.14. The summed E-state index contributed by atoms with van der Waals surface area (Å²) < 4.78 is 12.2. The van der Waals surface area contributed by atoms with Crippen LogP contribution in [0.5, 0.6) is 0 Å². The Bertz CT molecular complexity index is 1180. The van der Waals surface area contributed by atoms with Gasteiger partial charge in [-0.1, -0.05) is 97.1 Å². The predicted octanol–water partition coefficient (Wildman–Crippen LogP) is 6.73. The third-order valence-electron chi connectivity index (χ3n) is 6.29. The quantitative estimate of drug-likeness (QED) is 0.311. The van der Waals surface area contributed by atoms with Gasteiger partial charge in [0, 0.05) is 14.2 Å². The molecule has 0 radical (unpaired) electrons. The van der Waals surface area contributed by atoms with Crippen LogP contribution in [0, 0.1) is 0 Å². The van der Waals surface area contributed by atoms with Crippen LogP contribution < -0.4 is 0 Å². The molecule has 5 rings (SSSR count). The van der Waals surface area contributed by atoms with Gasteiger partial charge < -0.3 is 9.47 Å². The summed E-state index contributed by atoms with van der Waals surface area (Å²) in [6.45, 7) is 0. The smallest absolute Gasteiger partial charge is 0.108 e. The lowest BCUT2D eigenvalue weighted by atomic mass is 9.85. The highest BCUT2D eigenvalue weighted by Gasteiger charge is 2.31. The van der Waals surface area contributed by atoms with Crippen molar-refractivity contribution in [1.29, 1.82) is 0 Å². The van der Waals surface area contributed by atoms with Gasteiger partial charge in [0.05, 0.1) is 0 Å². The first-order chi connectivity index (χ1) is 15.3. The van der Waals surface area contributed by atoms with Gasteiger partial charge in [0.2, 0.25) is 0 Å². The van der Waals surface area contributed by atoms with Crippen LogP contribution >= 0.6 is 0 Å². The molecule has 0 N–H and O–H groups in total. The van der Waals surface area contributed by atoms with Gasteiger partial charge in [-0.3, -0.25) is 0 Å². The van der Waals surface area contributed by atoms with Crippen molar-refractivity contribution in [2.75, 3.05) is 14.2 Å². The van der Waals surface area contributed by atoms with Gasteiger partial charge in [0.1, 0.15) is 12.2 Å². The molecule has 0 aliphatic heterocycles. The molecule has 1 aliphatic carbocycles. The van der Waals surface area contributed by atoms with Crippen molar-refractivity contribution in [2.45, 2.75) is 18.6 Å². The summed E-state index contributed by atoms with van der Waals surface area (Å²) in [5.74, 6) is 0. The van der Waals surface area contributed by atoms with Crippen molar-refractivity contribution in [3.05, 3.63) is 130 Å². The molecule has 154 valence electrons. The highest BCUT2D eigenvalue weighted by molar-refractivity contribution is 5.79. The minimum atomic E-state index is -0.165. The van der Waals surface area contributed by atoms with E-state index in [9.17, 15) is 0 Å². The molecule has 0 saturated heterocycles. The molecule has 0 heterocycles. The maximum Gasteiger partial charge on any atom is 0.108 e. The second-order valence-electron chi connectivity index (χ2n) is 7.98. The van der Waals surface area contributed by atoms with E-state index in [2.05, 4.69) is 84.9 Å². The van der Waals surface area contributed by atoms with Crippen molar-refractivity contribution >= 4 is 0 Å². The molecule has 0 aromatic heterocycles. The van der Waals surface area contributed by atoms with Crippen molar-refractivity contribution in [2.24, 2.45) is 0 Å². The topological polar surface area (TPSA) is 18.5 Å². The zero-order valence-electron chi connectivity index (χ0n) is 17.9. The Morgan fingerprint density at radius 3 is 1.81 bits per heavy atom. The molecular weight excluding hydrogens is 380 g/mol. The molecular formula is C29H26O2. The van der Waals surface area contributed by atoms with Crippen molar-refractivity contribution in [3.63, 3.8) is 0 Å². The monoisotopic (exact) mass is 406 g/mol. The fourth-order valence-corrected chi connectivity index (χ4v) is 4.91. The summed E-state index contributed by atoms with van der Waals surface area (Å²) in [6, 6.07) is 34.1. The van der Waals surface area contributed by atoms with Gasteiger partial charge in [-0.15, -0.1) is 0 Å². The van der Waals surface area contributed by atoms with Crippen LogP contribution in [0.3, 0.4) is 0 Å². The molecule has 4 aromatic carbocycles. The van der Waals surface area contributed by atoms with Gasteiger partial charge in [-0.25, -0.2) is 0 Å². The lowest BCUT2D eigenvalue weighted by Gasteiger charge is -2.27. The van der Waals surface area contributed by atoms with E-state index in [-0.39, 0.29) is 12.2 Å². The largest absolute Gasteiger partial charge is 0.372 e. The molecule has 0 bridgehead atoms. The Morgan fingerprint density at radius 2 is 1.16 bits per heavy atom. The van der Waals surface area contributed by atoms with Gasteiger partial charge in [-0.05, 0) is 50.9 Å². The van der Waals surface area contributed by atoms with Crippen LogP contribution in [0.2, 0.25) is 0 Å². The molecule has 0 fully saturated rings. The number of methoxy groups -OCH3 is 2. The van der Waals surface area contributed by atoms with Gasteiger partial charge >= 0.3 is 0 Å². The maximum atomic E-state index is 6.16. The zero-order chi connectivity index (χ0) is 21.2. The van der Waals surface area contributed by atoms with Crippen molar-refractivity contribution < 1.29 is 9.47 Å². The third kappa shape index (κ3) is 3.48. The Kier molecular flexibility index (Phi) is 5.42. The molecule has 4 aromatic rings. The minimum Gasteiger partial charge on any atom is -0.372 e. The summed E-state index contributed by atoms with van der Waals surface area (Å²) in [7, 11) is 3.58. The standard InChI is InChI=1S/C29H26O2/c1-30-28(20-11-5-3-6-12-20)25-18-17-24-23-16-10-9-15-22(23)19-26(24)27(25)29(31-2)21-13-7-4-8-14-21/h3-18,28-29H,19H2,1-2H3. The Hall–Kier alpha value is -3.20. The van der Waals surface area contributed by atoms with E-state index in [1.165, 1.54) is 27.8 Å². The van der Waals surface area contributed by atoms with Gasteiger partial charge in [0.25, 0.3) is 0 Å². The molecule has 31 heavy (non-hydrogen) atoms. The summed E-state index contributed by atoms with van der Waals surface area (Å²) in [6.07, 6.45) is 0.584. The number of rotatable bonds is 6. The number of benzene rings is 4. The Balaban J connectivity index is 1.75. The molecule has 0 spiro atoms. The van der Waals surface area contributed by atoms with Crippen molar-refractivity contribution in [1.82, 2.24) is 0 Å². The van der Waals surface area contributed by atoms with Gasteiger partial charge in [0.15, 0.2) is 0 Å². The van der Waals surface area contributed by atoms with Crippen LogP contribution in [-0.2, 0) is 15.9 Å². The van der Waals surface area contributed by atoms with E-state index in [1.807, 2.05) is 12.1 Å². The van der Waals surface area contributed by atoms with E-state index in [0.29, 0.717) is 0 Å². The number of ether oxygens (including phenoxy) is 2. The van der Waals surface area contributed by atoms with Crippen LogP contribution in [0.1, 0.15) is 45.6 Å². The number of hydrogen-bond donors (Lipinski definition) is 0. The first kappa shape index (κ1) is 19.7.